The Labute approximate surface area is 80.8 Å². The molecule has 0 radical (unpaired) electrons. The van der Waals surface area contributed by atoms with Crippen molar-refractivity contribution in [2.24, 2.45) is 5.92 Å². The molecule has 1 atom stereocenters. The number of hydrogen-bond donors (Lipinski definition) is 1. The van der Waals surface area contributed by atoms with E-state index in [1.165, 1.54) is 0 Å². The second kappa shape index (κ2) is 6.35. The number of rotatable bonds is 5. The minimum atomic E-state index is 0.327. The largest absolute Gasteiger partial charge is 0.381 e. The van der Waals surface area contributed by atoms with Crippen LogP contribution < -0.4 is 5.32 Å². The first-order chi connectivity index (χ1) is 6.33. The Bertz CT molecular complexity index is 124. The van der Waals surface area contributed by atoms with Gasteiger partial charge in [-0.2, -0.15) is 0 Å². The van der Waals surface area contributed by atoms with Crippen LogP contribution in [0.4, 0.5) is 0 Å². The quantitative estimate of drug-likeness (QED) is 0.697. The summed E-state index contributed by atoms with van der Waals surface area (Å²) in [5.74, 6) is 0.716. The van der Waals surface area contributed by atoms with Gasteiger partial charge in [-0.05, 0) is 32.7 Å². The maximum Gasteiger partial charge on any atom is 0.0671 e. The van der Waals surface area contributed by atoms with Gasteiger partial charge in [0.05, 0.1) is 6.10 Å². The van der Waals surface area contributed by atoms with E-state index >= 15 is 0 Å². The van der Waals surface area contributed by atoms with Gasteiger partial charge in [-0.25, -0.2) is 0 Å². The predicted molar refractivity (Wildman–Crippen MR) is 52.9 cm³/mol. The van der Waals surface area contributed by atoms with Crippen LogP contribution in [0, 0.1) is 5.92 Å². The lowest BCUT2D eigenvalue weighted by atomic mass is 10.0. The molecule has 1 rings (SSSR count). The van der Waals surface area contributed by atoms with Gasteiger partial charge in [0.25, 0.3) is 0 Å². The normalized spacial score (nSPS) is 21.7. The Hall–Kier alpha value is -0.120. The molecule has 1 aliphatic heterocycles. The van der Waals surface area contributed by atoms with Crippen LogP contribution in [0.1, 0.15) is 19.8 Å². The summed E-state index contributed by atoms with van der Waals surface area (Å²) in [5.41, 5.74) is 0. The summed E-state index contributed by atoms with van der Waals surface area (Å²) in [5, 5.41) is 3.11. The first kappa shape index (κ1) is 11.0. The highest BCUT2D eigenvalue weighted by molar-refractivity contribution is 4.63. The lowest BCUT2D eigenvalue weighted by Gasteiger charge is -2.23. The number of nitrogens with one attached hydrogen (secondary N) is 1. The van der Waals surface area contributed by atoms with Crippen LogP contribution in [0.2, 0.25) is 0 Å². The molecular formula is C10H21NO2. The molecule has 1 aliphatic rings. The van der Waals surface area contributed by atoms with Gasteiger partial charge in [0.15, 0.2) is 0 Å². The van der Waals surface area contributed by atoms with E-state index in [4.69, 9.17) is 9.47 Å². The summed E-state index contributed by atoms with van der Waals surface area (Å²) >= 11 is 0. The molecule has 1 heterocycles. The van der Waals surface area contributed by atoms with Gasteiger partial charge in [0.1, 0.15) is 0 Å². The predicted octanol–water partition coefficient (Wildman–Crippen LogP) is 1.04. The van der Waals surface area contributed by atoms with Gasteiger partial charge < -0.3 is 14.8 Å². The zero-order valence-electron chi connectivity index (χ0n) is 8.71. The second-order valence-corrected chi connectivity index (χ2v) is 3.76. The van der Waals surface area contributed by atoms with Gasteiger partial charge in [0.2, 0.25) is 0 Å². The van der Waals surface area contributed by atoms with E-state index in [0.717, 1.165) is 39.2 Å². The summed E-state index contributed by atoms with van der Waals surface area (Å²) in [7, 11) is 1.95. The molecule has 3 nitrogen and oxygen atoms in total. The summed E-state index contributed by atoms with van der Waals surface area (Å²) in [6.07, 6.45) is 2.64. The monoisotopic (exact) mass is 187 g/mol. The third-order valence-electron chi connectivity index (χ3n) is 2.45. The Morgan fingerprint density at radius 1 is 1.46 bits per heavy atom. The number of ether oxygens (including phenoxy) is 2. The van der Waals surface area contributed by atoms with Crippen molar-refractivity contribution in [3.63, 3.8) is 0 Å². The van der Waals surface area contributed by atoms with Crippen molar-refractivity contribution in [2.75, 3.05) is 33.4 Å². The zero-order chi connectivity index (χ0) is 9.52. The van der Waals surface area contributed by atoms with Crippen molar-refractivity contribution in [3.05, 3.63) is 0 Å². The smallest absolute Gasteiger partial charge is 0.0671 e. The summed E-state index contributed by atoms with van der Waals surface area (Å²) in [6, 6.07) is 0. The minimum absolute atomic E-state index is 0.327. The molecule has 0 aromatic heterocycles. The molecule has 13 heavy (non-hydrogen) atoms. The first-order valence-electron chi connectivity index (χ1n) is 5.17. The van der Waals surface area contributed by atoms with Crippen LogP contribution in [-0.4, -0.2) is 39.5 Å². The van der Waals surface area contributed by atoms with Gasteiger partial charge in [-0.1, -0.05) is 0 Å². The summed E-state index contributed by atoms with van der Waals surface area (Å²) < 4.78 is 11.0. The van der Waals surface area contributed by atoms with E-state index in [9.17, 15) is 0 Å². The first-order valence-corrected chi connectivity index (χ1v) is 5.17. The summed E-state index contributed by atoms with van der Waals surface area (Å²) in [4.78, 5) is 0. The summed E-state index contributed by atoms with van der Waals surface area (Å²) in [6.45, 7) is 5.76. The van der Waals surface area contributed by atoms with Crippen LogP contribution in [-0.2, 0) is 9.47 Å². The SMILES string of the molecule is CNCC(C)OCC1CCOCC1. The number of hydrogen-bond acceptors (Lipinski definition) is 3. The minimum Gasteiger partial charge on any atom is -0.381 e. The highest BCUT2D eigenvalue weighted by Gasteiger charge is 2.14. The molecule has 1 unspecified atom stereocenters. The van der Waals surface area contributed by atoms with Crippen LogP contribution in [0.3, 0.4) is 0 Å². The lowest BCUT2D eigenvalue weighted by Crippen LogP contribution is -2.27. The van der Waals surface area contributed by atoms with Gasteiger partial charge >= 0.3 is 0 Å². The maximum atomic E-state index is 5.70. The zero-order valence-corrected chi connectivity index (χ0v) is 8.71. The van der Waals surface area contributed by atoms with Gasteiger partial charge in [0, 0.05) is 26.4 Å². The van der Waals surface area contributed by atoms with Crippen molar-refractivity contribution in [2.45, 2.75) is 25.9 Å². The second-order valence-electron chi connectivity index (χ2n) is 3.76. The molecule has 3 heteroatoms. The molecule has 78 valence electrons. The fourth-order valence-corrected chi connectivity index (χ4v) is 1.56. The van der Waals surface area contributed by atoms with E-state index in [1.54, 1.807) is 0 Å². The van der Waals surface area contributed by atoms with E-state index < -0.39 is 0 Å². The highest BCUT2D eigenvalue weighted by atomic mass is 16.5. The van der Waals surface area contributed by atoms with Crippen molar-refractivity contribution in [3.8, 4) is 0 Å². The fourth-order valence-electron chi connectivity index (χ4n) is 1.56. The fraction of sp³-hybridized carbons (Fsp3) is 1.00. The number of likely N-dealkylation sites (N-methyl/N-ethyl adjacent to an activating group) is 1. The standard InChI is InChI=1S/C10H21NO2/c1-9(7-11-2)13-8-10-3-5-12-6-4-10/h9-11H,3-8H2,1-2H3. The Morgan fingerprint density at radius 3 is 2.77 bits per heavy atom. The molecule has 0 spiro atoms. The average Bonchev–Trinajstić information content (AvgIpc) is 2.17. The maximum absolute atomic E-state index is 5.70. The van der Waals surface area contributed by atoms with E-state index in [-0.39, 0.29) is 0 Å². The molecule has 0 saturated carbocycles. The molecule has 0 amide bonds. The van der Waals surface area contributed by atoms with Crippen LogP contribution >= 0.6 is 0 Å². The lowest BCUT2D eigenvalue weighted by molar-refractivity contribution is -0.00382. The van der Waals surface area contributed by atoms with Crippen LogP contribution in [0.15, 0.2) is 0 Å². The third-order valence-corrected chi connectivity index (χ3v) is 2.45. The highest BCUT2D eigenvalue weighted by Crippen LogP contribution is 2.15. The van der Waals surface area contributed by atoms with Crippen molar-refractivity contribution in [1.29, 1.82) is 0 Å². The van der Waals surface area contributed by atoms with Gasteiger partial charge in [-0.3, -0.25) is 0 Å². The molecule has 0 aromatic rings. The molecule has 1 N–H and O–H groups in total. The van der Waals surface area contributed by atoms with E-state index in [2.05, 4.69) is 12.2 Å². The van der Waals surface area contributed by atoms with Gasteiger partial charge in [-0.15, -0.1) is 0 Å². The van der Waals surface area contributed by atoms with E-state index in [0.29, 0.717) is 12.0 Å². The van der Waals surface area contributed by atoms with Crippen LogP contribution in [0.25, 0.3) is 0 Å². The Balaban J connectivity index is 2.03. The molecule has 0 aromatic carbocycles. The molecule has 1 saturated heterocycles. The van der Waals surface area contributed by atoms with Crippen molar-refractivity contribution >= 4 is 0 Å². The van der Waals surface area contributed by atoms with E-state index in [1.807, 2.05) is 7.05 Å². The van der Waals surface area contributed by atoms with Crippen LogP contribution in [0.5, 0.6) is 0 Å². The Morgan fingerprint density at radius 2 is 2.15 bits per heavy atom. The molecule has 1 fully saturated rings. The molecule has 0 bridgehead atoms. The topological polar surface area (TPSA) is 30.5 Å². The average molecular weight is 187 g/mol. The van der Waals surface area contributed by atoms with Crippen molar-refractivity contribution in [1.82, 2.24) is 5.32 Å². The third kappa shape index (κ3) is 4.60. The molecular weight excluding hydrogens is 166 g/mol. The Kier molecular flexibility index (Phi) is 5.35. The molecule has 0 aliphatic carbocycles. The van der Waals surface area contributed by atoms with Crippen molar-refractivity contribution < 1.29 is 9.47 Å².